The van der Waals surface area contributed by atoms with E-state index in [9.17, 15) is 0 Å². The van der Waals surface area contributed by atoms with Gasteiger partial charge in [0.2, 0.25) is 0 Å². The van der Waals surface area contributed by atoms with Crippen LogP contribution in [0.15, 0.2) is 0 Å². The second kappa shape index (κ2) is 4.89. The molecule has 2 aliphatic rings. The van der Waals surface area contributed by atoms with Crippen LogP contribution in [0.3, 0.4) is 0 Å². The van der Waals surface area contributed by atoms with E-state index >= 15 is 0 Å². The van der Waals surface area contributed by atoms with E-state index in [0.717, 1.165) is 23.1 Å². The molecule has 2 fully saturated rings. The standard InChI is InChI=1S/C12H23NS/c1-9-3-4-11(5-9)7-13-12-6-10(2)14-8-12/h9-13H,3-8H2,1-2H3. The van der Waals surface area contributed by atoms with Crippen molar-refractivity contribution in [2.75, 3.05) is 12.3 Å². The molecule has 1 saturated carbocycles. The summed E-state index contributed by atoms with van der Waals surface area (Å²) in [5.41, 5.74) is 0. The first kappa shape index (κ1) is 10.8. The molecule has 0 bridgehead atoms. The first-order valence-electron chi connectivity index (χ1n) is 6.09. The molecular formula is C12H23NS. The Labute approximate surface area is 92.4 Å². The Morgan fingerprint density at radius 1 is 1.21 bits per heavy atom. The van der Waals surface area contributed by atoms with Crippen LogP contribution < -0.4 is 5.32 Å². The maximum Gasteiger partial charge on any atom is 0.0168 e. The molecule has 1 aliphatic heterocycles. The molecule has 0 aromatic carbocycles. The van der Waals surface area contributed by atoms with E-state index in [-0.39, 0.29) is 0 Å². The van der Waals surface area contributed by atoms with Gasteiger partial charge < -0.3 is 5.32 Å². The van der Waals surface area contributed by atoms with E-state index in [2.05, 4.69) is 30.9 Å². The molecule has 0 radical (unpaired) electrons. The van der Waals surface area contributed by atoms with Crippen molar-refractivity contribution in [2.45, 2.75) is 50.8 Å². The van der Waals surface area contributed by atoms with Gasteiger partial charge in [-0.2, -0.15) is 11.8 Å². The van der Waals surface area contributed by atoms with Gasteiger partial charge in [0.1, 0.15) is 0 Å². The fourth-order valence-electron chi connectivity index (χ4n) is 2.80. The summed E-state index contributed by atoms with van der Waals surface area (Å²) in [6, 6.07) is 0.811. The zero-order valence-corrected chi connectivity index (χ0v) is 10.3. The fourth-order valence-corrected chi connectivity index (χ4v) is 3.99. The first-order chi connectivity index (χ1) is 6.74. The SMILES string of the molecule is CC1CCC(CNC2CSC(C)C2)C1. The zero-order valence-electron chi connectivity index (χ0n) is 9.46. The van der Waals surface area contributed by atoms with Gasteiger partial charge in [-0.1, -0.05) is 20.3 Å². The topological polar surface area (TPSA) is 12.0 Å². The largest absolute Gasteiger partial charge is 0.313 e. The smallest absolute Gasteiger partial charge is 0.0168 e. The molecule has 0 aromatic heterocycles. The Hall–Kier alpha value is 0.310. The molecule has 2 rings (SSSR count). The zero-order chi connectivity index (χ0) is 9.97. The summed E-state index contributed by atoms with van der Waals surface area (Å²) >= 11 is 2.13. The molecule has 1 saturated heterocycles. The summed E-state index contributed by atoms with van der Waals surface area (Å²) in [7, 11) is 0. The van der Waals surface area contributed by atoms with Crippen molar-refractivity contribution in [3.8, 4) is 0 Å². The number of rotatable bonds is 3. The normalized spacial score (nSPS) is 43.3. The van der Waals surface area contributed by atoms with Crippen LogP contribution >= 0.6 is 11.8 Å². The Morgan fingerprint density at radius 3 is 2.64 bits per heavy atom. The first-order valence-corrected chi connectivity index (χ1v) is 7.14. The Bertz CT molecular complexity index is 163. The van der Waals surface area contributed by atoms with Crippen molar-refractivity contribution in [1.29, 1.82) is 0 Å². The molecule has 0 spiro atoms. The molecule has 14 heavy (non-hydrogen) atoms. The highest BCUT2D eigenvalue weighted by atomic mass is 32.2. The van der Waals surface area contributed by atoms with E-state index in [0.29, 0.717) is 0 Å². The van der Waals surface area contributed by atoms with Crippen LogP contribution in [0.5, 0.6) is 0 Å². The van der Waals surface area contributed by atoms with Gasteiger partial charge in [-0.15, -0.1) is 0 Å². The van der Waals surface area contributed by atoms with Crippen molar-refractivity contribution in [3.63, 3.8) is 0 Å². The average molecular weight is 213 g/mol. The third-order valence-electron chi connectivity index (χ3n) is 3.70. The second-order valence-electron chi connectivity index (χ2n) is 5.27. The van der Waals surface area contributed by atoms with Crippen molar-refractivity contribution in [2.24, 2.45) is 11.8 Å². The summed E-state index contributed by atoms with van der Waals surface area (Å²) in [5, 5.41) is 4.64. The van der Waals surface area contributed by atoms with E-state index in [4.69, 9.17) is 0 Å². The van der Waals surface area contributed by atoms with Crippen molar-refractivity contribution in [1.82, 2.24) is 5.32 Å². The molecule has 1 heterocycles. The summed E-state index contributed by atoms with van der Waals surface area (Å²) in [6.07, 6.45) is 5.76. The second-order valence-corrected chi connectivity index (χ2v) is 6.74. The van der Waals surface area contributed by atoms with Gasteiger partial charge in [0.25, 0.3) is 0 Å². The lowest BCUT2D eigenvalue weighted by atomic mass is 10.1. The number of hydrogen-bond acceptors (Lipinski definition) is 2. The molecule has 1 N–H and O–H groups in total. The van der Waals surface area contributed by atoms with E-state index in [1.165, 1.54) is 38.0 Å². The van der Waals surface area contributed by atoms with Crippen molar-refractivity contribution >= 4 is 11.8 Å². The highest BCUT2D eigenvalue weighted by Crippen LogP contribution is 2.31. The van der Waals surface area contributed by atoms with Crippen LogP contribution in [-0.4, -0.2) is 23.6 Å². The monoisotopic (exact) mass is 213 g/mol. The van der Waals surface area contributed by atoms with E-state index < -0.39 is 0 Å². The molecular weight excluding hydrogens is 190 g/mol. The quantitative estimate of drug-likeness (QED) is 0.773. The Balaban J connectivity index is 1.63. The summed E-state index contributed by atoms with van der Waals surface area (Å²) in [4.78, 5) is 0. The maximum atomic E-state index is 3.75. The number of thioether (sulfide) groups is 1. The van der Waals surface area contributed by atoms with Gasteiger partial charge in [-0.05, 0) is 37.6 Å². The molecule has 4 unspecified atom stereocenters. The third kappa shape index (κ3) is 2.90. The van der Waals surface area contributed by atoms with Gasteiger partial charge in [-0.25, -0.2) is 0 Å². The molecule has 2 heteroatoms. The third-order valence-corrected chi connectivity index (χ3v) is 5.05. The van der Waals surface area contributed by atoms with Crippen LogP contribution in [0, 0.1) is 11.8 Å². The van der Waals surface area contributed by atoms with Crippen LogP contribution in [0.2, 0.25) is 0 Å². The molecule has 0 aromatic rings. The Morgan fingerprint density at radius 2 is 2.07 bits per heavy atom. The van der Waals surface area contributed by atoms with Gasteiger partial charge in [0, 0.05) is 17.0 Å². The fraction of sp³-hybridized carbons (Fsp3) is 1.00. The molecule has 4 atom stereocenters. The lowest BCUT2D eigenvalue weighted by Crippen LogP contribution is -2.33. The Kier molecular flexibility index (Phi) is 3.78. The predicted molar refractivity (Wildman–Crippen MR) is 64.8 cm³/mol. The highest BCUT2D eigenvalue weighted by Gasteiger charge is 2.25. The van der Waals surface area contributed by atoms with Crippen molar-refractivity contribution < 1.29 is 0 Å². The average Bonchev–Trinajstić information content (AvgIpc) is 2.72. The minimum Gasteiger partial charge on any atom is -0.313 e. The van der Waals surface area contributed by atoms with E-state index in [1.54, 1.807) is 0 Å². The van der Waals surface area contributed by atoms with Gasteiger partial charge in [-0.3, -0.25) is 0 Å². The number of hydrogen-bond donors (Lipinski definition) is 1. The summed E-state index contributed by atoms with van der Waals surface area (Å²) < 4.78 is 0. The van der Waals surface area contributed by atoms with Crippen LogP contribution in [-0.2, 0) is 0 Å². The minimum absolute atomic E-state index is 0.811. The molecule has 0 amide bonds. The van der Waals surface area contributed by atoms with Crippen LogP contribution in [0.1, 0.15) is 39.5 Å². The molecule has 1 nitrogen and oxygen atoms in total. The lowest BCUT2D eigenvalue weighted by molar-refractivity contribution is 0.432. The van der Waals surface area contributed by atoms with E-state index in [1.807, 2.05) is 0 Å². The van der Waals surface area contributed by atoms with Crippen molar-refractivity contribution in [3.05, 3.63) is 0 Å². The lowest BCUT2D eigenvalue weighted by Gasteiger charge is -2.15. The summed E-state index contributed by atoms with van der Waals surface area (Å²) in [5.74, 6) is 3.30. The van der Waals surface area contributed by atoms with Gasteiger partial charge >= 0.3 is 0 Å². The number of nitrogens with one attached hydrogen (secondary N) is 1. The van der Waals surface area contributed by atoms with Gasteiger partial charge in [0.15, 0.2) is 0 Å². The molecule has 82 valence electrons. The van der Waals surface area contributed by atoms with Crippen LogP contribution in [0.25, 0.3) is 0 Å². The van der Waals surface area contributed by atoms with Gasteiger partial charge in [0.05, 0.1) is 0 Å². The predicted octanol–water partition coefficient (Wildman–Crippen LogP) is 2.91. The minimum atomic E-state index is 0.811. The van der Waals surface area contributed by atoms with Crippen LogP contribution in [0.4, 0.5) is 0 Å². The maximum absolute atomic E-state index is 3.75. The highest BCUT2D eigenvalue weighted by molar-refractivity contribution is 8.00. The summed E-state index contributed by atoms with van der Waals surface area (Å²) in [6.45, 7) is 6.03. The molecule has 1 aliphatic carbocycles.